The monoisotopic (exact) mass is 215 g/mol. The fraction of sp³-hybridized carbons (Fsp3) is 0.467. The van der Waals surface area contributed by atoms with Gasteiger partial charge in [-0.1, -0.05) is 42.5 Å². The van der Waals surface area contributed by atoms with E-state index in [0.29, 0.717) is 5.92 Å². The molecule has 0 aromatic rings. The van der Waals surface area contributed by atoms with Crippen molar-refractivity contribution in [3.63, 3.8) is 0 Å². The van der Waals surface area contributed by atoms with Crippen molar-refractivity contribution in [2.24, 2.45) is 11.7 Å². The number of rotatable bonds is 2. The molecule has 2 aliphatic rings. The summed E-state index contributed by atoms with van der Waals surface area (Å²) in [7, 11) is 0. The van der Waals surface area contributed by atoms with Crippen LogP contribution in [0.15, 0.2) is 48.1 Å². The van der Waals surface area contributed by atoms with Crippen LogP contribution in [0.4, 0.5) is 0 Å². The number of hydrogen-bond donors (Lipinski definition) is 1. The number of hydrogen-bond acceptors (Lipinski definition) is 1. The maximum atomic E-state index is 6.55. The third-order valence-corrected chi connectivity index (χ3v) is 3.72. The summed E-state index contributed by atoms with van der Waals surface area (Å²) in [5.74, 6) is 0.569. The predicted molar refractivity (Wildman–Crippen MR) is 70.1 cm³/mol. The Morgan fingerprint density at radius 2 is 2.12 bits per heavy atom. The molecule has 0 saturated heterocycles. The van der Waals surface area contributed by atoms with Crippen LogP contribution < -0.4 is 5.73 Å². The molecule has 86 valence electrons. The number of allylic oxidation sites excluding steroid dienone is 6. The maximum absolute atomic E-state index is 6.55. The molecular weight excluding hydrogens is 194 g/mol. The van der Waals surface area contributed by atoms with Crippen LogP contribution in [0.1, 0.15) is 32.6 Å². The Hall–Kier alpha value is -1.08. The van der Waals surface area contributed by atoms with E-state index in [0.717, 1.165) is 12.8 Å². The van der Waals surface area contributed by atoms with Gasteiger partial charge in [-0.15, -0.1) is 0 Å². The molecule has 2 unspecified atom stereocenters. The lowest BCUT2D eigenvalue weighted by molar-refractivity contribution is 0.321. The second-order valence-corrected chi connectivity index (χ2v) is 4.95. The zero-order chi connectivity index (χ0) is 11.4. The van der Waals surface area contributed by atoms with E-state index in [1.807, 2.05) is 0 Å². The first-order valence-electron chi connectivity index (χ1n) is 6.19. The van der Waals surface area contributed by atoms with E-state index in [2.05, 4.69) is 49.5 Å². The van der Waals surface area contributed by atoms with Gasteiger partial charge in [0.25, 0.3) is 0 Å². The summed E-state index contributed by atoms with van der Waals surface area (Å²) in [5, 5.41) is 0. The molecule has 1 heteroatoms. The molecule has 0 bridgehead atoms. The zero-order valence-electron chi connectivity index (χ0n) is 10.0. The van der Waals surface area contributed by atoms with E-state index in [4.69, 9.17) is 5.73 Å². The van der Waals surface area contributed by atoms with Crippen LogP contribution in [0, 0.1) is 5.92 Å². The van der Waals surface area contributed by atoms with Crippen molar-refractivity contribution in [3.05, 3.63) is 48.1 Å². The van der Waals surface area contributed by atoms with Crippen LogP contribution in [-0.4, -0.2) is 5.54 Å². The van der Waals surface area contributed by atoms with Crippen LogP contribution in [0.5, 0.6) is 0 Å². The highest BCUT2D eigenvalue weighted by atomic mass is 14.7. The van der Waals surface area contributed by atoms with E-state index in [1.165, 1.54) is 18.4 Å². The molecule has 1 nitrogen and oxygen atoms in total. The van der Waals surface area contributed by atoms with Crippen LogP contribution in [-0.2, 0) is 0 Å². The van der Waals surface area contributed by atoms with E-state index in [9.17, 15) is 0 Å². The van der Waals surface area contributed by atoms with Gasteiger partial charge in [0.05, 0.1) is 0 Å². The van der Waals surface area contributed by atoms with Gasteiger partial charge < -0.3 is 5.73 Å². The molecule has 16 heavy (non-hydrogen) atoms. The molecule has 0 saturated carbocycles. The molecule has 2 rings (SSSR count). The standard InChI is InChI=1S/C15H21N/c1-15(16,14-11-7-4-8-12-14)13-9-5-2-3-6-10-13/h2,4-7,9-10,14H,3,8,11-12,16H2,1H3. The maximum Gasteiger partial charge on any atom is 0.0412 e. The number of nitrogens with two attached hydrogens (primary N) is 1. The van der Waals surface area contributed by atoms with Crippen molar-refractivity contribution >= 4 is 0 Å². The molecule has 2 N–H and O–H groups in total. The SMILES string of the molecule is CC(N)(C1=CC=CCC=C1)C1CC=CCC1. The molecule has 0 amide bonds. The summed E-state index contributed by atoms with van der Waals surface area (Å²) in [6, 6.07) is 0. The molecule has 0 aliphatic heterocycles. The molecular formula is C15H21N. The highest BCUT2D eigenvalue weighted by molar-refractivity contribution is 5.36. The van der Waals surface area contributed by atoms with E-state index >= 15 is 0 Å². The van der Waals surface area contributed by atoms with Crippen molar-refractivity contribution in [1.29, 1.82) is 0 Å². The first kappa shape index (κ1) is 11.4. The Kier molecular flexibility index (Phi) is 3.45. The lowest BCUT2D eigenvalue weighted by Crippen LogP contribution is -2.45. The quantitative estimate of drug-likeness (QED) is 0.701. The molecule has 0 fully saturated rings. The van der Waals surface area contributed by atoms with Crippen LogP contribution in [0.3, 0.4) is 0 Å². The Balaban J connectivity index is 2.19. The first-order valence-corrected chi connectivity index (χ1v) is 6.19. The highest BCUT2D eigenvalue weighted by Crippen LogP contribution is 2.33. The largest absolute Gasteiger partial charge is 0.321 e. The van der Waals surface area contributed by atoms with Gasteiger partial charge in [0, 0.05) is 5.54 Å². The average molecular weight is 215 g/mol. The third-order valence-electron chi connectivity index (χ3n) is 3.72. The van der Waals surface area contributed by atoms with Gasteiger partial charge in [-0.05, 0) is 44.1 Å². The van der Waals surface area contributed by atoms with Gasteiger partial charge in [0.1, 0.15) is 0 Å². The predicted octanol–water partition coefficient (Wildman–Crippen LogP) is 3.50. The molecule has 2 aliphatic carbocycles. The lowest BCUT2D eigenvalue weighted by Gasteiger charge is -2.36. The normalized spacial score (nSPS) is 28.4. The molecule has 0 radical (unpaired) electrons. The fourth-order valence-electron chi connectivity index (χ4n) is 2.51. The van der Waals surface area contributed by atoms with E-state index < -0.39 is 0 Å². The molecule has 2 atom stereocenters. The summed E-state index contributed by atoms with van der Waals surface area (Å²) >= 11 is 0. The van der Waals surface area contributed by atoms with Gasteiger partial charge in [-0.2, -0.15) is 0 Å². The van der Waals surface area contributed by atoms with Gasteiger partial charge >= 0.3 is 0 Å². The molecule has 0 heterocycles. The van der Waals surface area contributed by atoms with Crippen molar-refractivity contribution in [1.82, 2.24) is 0 Å². The van der Waals surface area contributed by atoms with Crippen molar-refractivity contribution in [2.75, 3.05) is 0 Å². The Labute approximate surface area is 98.4 Å². The summed E-state index contributed by atoms with van der Waals surface area (Å²) in [5.41, 5.74) is 7.62. The fourth-order valence-corrected chi connectivity index (χ4v) is 2.51. The second-order valence-electron chi connectivity index (χ2n) is 4.95. The van der Waals surface area contributed by atoms with Gasteiger partial charge in [-0.3, -0.25) is 0 Å². The first-order chi connectivity index (χ1) is 7.71. The lowest BCUT2D eigenvalue weighted by atomic mass is 9.74. The summed E-state index contributed by atoms with van der Waals surface area (Å²) in [6.07, 6.45) is 19.9. The zero-order valence-corrected chi connectivity index (χ0v) is 10.0. The van der Waals surface area contributed by atoms with Crippen LogP contribution >= 0.6 is 0 Å². The third kappa shape index (κ3) is 2.35. The molecule has 0 spiro atoms. The van der Waals surface area contributed by atoms with Gasteiger partial charge in [0.2, 0.25) is 0 Å². The average Bonchev–Trinajstić information content (AvgIpc) is 2.59. The van der Waals surface area contributed by atoms with E-state index in [-0.39, 0.29) is 5.54 Å². The minimum absolute atomic E-state index is 0.198. The van der Waals surface area contributed by atoms with Gasteiger partial charge in [0.15, 0.2) is 0 Å². The smallest absolute Gasteiger partial charge is 0.0412 e. The van der Waals surface area contributed by atoms with Crippen molar-refractivity contribution < 1.29 is 0 Å². The second kappa shape index (κ2) is 4.84. The Bertz CT molecular complexity index is 356. The van der Waals surface area contributed by atoms with Crippen molar-refractivity contribution in [3.8, 4) is 0 Å². The Morgan fingerprint density at radius 1 is 1.25 bits per heavy atom. The summed E-state index contributed by atoms with van der Waals surface area (Å²) in [6.45, 7) is 2.17. The minimum atomic E-state index is -0.198. The van der Waals surface area contributed by atoms with Crippen molar-refractivity contribution in [2.45, 2.75) is 38.1 Å². The Morgan fingerprint density at radius 3 is 2.88 bits per heavy atom. The minimum Gasteiger partial charge on any atom is -0.321 e. The van der Waals surface area contributed by atoms with E-state index in [1.54, 1.807) is 0 Å². The topological polar surface area (TPSA) is 26.0 Å². The highest BCUT2D eigenvalue weighted by Gasteiger charge is 2.32. The summed E-state index contributed by atoms with van der Waals surface area (Å²) in [4.78, 5) is 0. The van der Waals surface area contributed by atoms with Crippen LogP contribution in [0.2, 0.25) is 0 Å². The summed E-state index contributed by atoms with van der Waals surface area (Å²) < 4.78 is 0. The molecule has 0 aromatic heterocycles. The molecule has 0 aromatic carbocycles. The van der Waals surface area contributed by atoms with Gasteiger partial charge in [-0.25, -0.2) is 0 Å². The van der Waals surface area contributed by atoms with Crippen LogP contribution in [0.25, 0.3) is 0 Å².